The van der Waals surface area contributed by atoms with Crippen LogP contribution in [0.15, 0.2) is 72.3 Å². The van der Waals surface area contributed by atoms with Crippen molar-refractivity contribution in [2.24, 2.45) is 0 Å². The van der Waals surface area contributed by atoms with Crippen molar-refractivity contribution in [2.45, 2.75) is 26.3 Å². The van der Waals surface area contributed by atoms with E-state index >= 15 is 0 Å². The quantitative estimate of drug-likeness (QED) is 0.275. The van der Waals surface area contributed by atoms with Crippen molar-refractivity contribution in [1.82, 2.24) is 4.90 Å². The number of hydrogen-bond donors (Lipinski definition) is 1. The second-order valence-electron chi connectivity index (χ2n) is 9.17. The van der Waals surface area contributed by atoms with Crippen LogP contribution in [0.4, 0.5) is 5.69 Å². The molecule has 0 radical (unpaired) electrons. The van der Waals surface area contributed by atoms with Gasteiger partial charge in [-0.25, -0.2) is 0 Å². The van der Waals surface area contributed by atoms with Crippen molar-refractivity contribution >= 4 is 34.7 Å². The average Bonchev–Trinajstić information content (AvgIpc) is 3.09. The maximum atomic E-state index is 13.3. The molecule has 5 nitrogen and oxygen atoms in total. The van der Waals surface area contributed by atoms with Crippen molar-refractivity contribution in [2.75, 3.05) is 25.5 Å². The fraction of sp³-hybridized carbons (Fsp3) is 0.241. The van der Waals surface area contributed by atoms with Crippen molar-refractivity contribution in [3.63, 3.8) is 0 Å². The van der Waals surface area contributed by atoms with Gasteiger partial charge in [-0.2, -0.15) is 0 Å². The third-order valence-electron chi connectivity index (χ3n) is 6.47. The van der Waals surface area contributed by atoms with Gasteiger partial charge in [0.15, 0.2) is 0 Å². The predicted molar refractivity (Wildman–Crippen MR) is 141 cm³/mol. The number of aryl methyl sites for hydroxylation is 2. The van der Waals surface area contributed by atoms with Crippen LogP contribution in [0.2, 0.25) is 5.02 Å². The van der Waals surface area contributed by atoms with E-state index in [9.17, 15) is 14.7 Å². The molecular formula is C29H29ClN2O3. The van der Waals surface area contributed by atoms with E-state index in [-0.39, 0.29) is 11.3 Å². The van der Waals surface area contributed by atoms with Crippen LogP contribution in [0.1, 0.15) is 33.9 Å². The van der Waals surface area contributed by atoms with Crippen molar-refractivity contribution in [3.8, 4) is 0 Å². The number of amides is 1. The molecule has 180 valence electrons. The fourth-order valence-corrected chi connectivity index (χ4v) is 4.57. The van der Waals surface area contributed by atoms with Gasteiger partial charge in [-0.15, -0.1) is 0 Å². The molecule has 6 heteroatoms. The number of ketones is 1. The summed E-state index contributed by atoms with van der Waals surface area (Å²) in [5.41, 5.74) is 5.27. The Morgan fingerprint density at radius 2 is 1.63 bits per heavy atom. The highest BCUT2D eigenvalue weighted by molar-refractivity contribution is 6.46. The number of halogens is 1. The number of aliphatic hydroxyl groups is 1. The molecule has 1 saturated heterocycles. The van der Waals surface area contributed by atoms with Gasteiger partial charge in [0.1, 0.15) is 5.76 Å². The number of anilines is 1. The second kappa shape index (κ2) is 9.96. The van der Waals surface area contributed by atoms with Gasteiger partial charge < -0.3 is 14.9 Å². The Balaban J connectivity index is 1.80. The van der Waals surface area contributed by atoms with Crippen LogP contribution in [0.5, 0.6) is 0 Å². The number of carbonyl (C=O) groups excluding carboxylic acids is 2. The van der Waals surface area contributed by atoms with Crippen LogP contribution < -0.4 is 4.90 Å². The number of benzene rings is 3. The number of Topliss-reactive ketones (excluding diaryl/α,β-unsaturated/α-hetero) is 1. The van der Waals surface area contributed by atoms with E-state index in [2.05, 4.69) is 0 Å². The Hall–Kier alpha value is -3.57. The summed E-state index contributed by atoms with van der Waals surface area (Å²) in [6, 6.07) is 20.2. The van der Waals surface area contributed by atoms with E-state index in [1.165, 1.54) is 0 Å². The van der Waals surface area contributed by atoms with Gasteiger partial charge in [-0.05, 0) is 67.3 Å². The lowest BCUT2D eigenvalue weighted by atomic mass is 9.93. The molecule has 4 rings (SSSR count). The number of aliphatic hydroxyl groups excluding tert-OH is 1. The number of hydrogen-bond acceptors (Lipinski definition) is 4. The molecule has 0 spiro atoms. The van der Waals surface area contributed by atoms with E-state index in [0.717, 1.165) is 27.9 Å². The van der Waals surface area contributed by atoms with Gasteiger partial charge in [-0.1, -0.05) is 53.6 Å². The Morgan fingerprint density at radius 3 is 2.26 bits per heavy atom. The van der Waals surface area contributed by atoms with Crippen molar-refractivity contribution < 1.29 is 14.7 Å². The normalized spacial score (nSPS) is 17.2. The lowest BCUT2D eigenvalue weighted by Gasteiger charge is -2.26. The minimum Gasteiger partial charge on any atom is -0.507 e. The Bertz CT molecular complexity index is 1290. The monoisotopic (exact) mass is 488 g/mol. The lowest BCUT2D eigenvalue weighted by molar-refractivity contribution is -0.139. The van der Waals surface area contributed by atoms with Gasteiger partial charge in [0.25, 0.3) is 11.7 Å². The molecule has 1 amide bonds. The van der Waals surface area contributed by atoms with Gasteiger partial charge in [-0.3, -0.25) is 9.59 Å². The Kier molecular flexibility index (Phi) is 6.99. The van der Waals surface area contributed by atoms with E-state index in [1.807, 2.05) is 99.6 Å². The third-order valence-corrected chi connectivity index (χ3v) is 6.72. The van der Waals surface area contributed by atoms with Gasteiger partial charge in [0, 0.05) is 36.9 Å². The molecule has 0 aromatic heterocycles. The summed E-state index contributed by atoms with van der Waals surface area (Å²) in [5.74, 6) is -1.41. The number of likely N-dealkylation sites (tertiary alicyclic amines) is 1. The highest BCUT2D eigenvalue weighted by atomic mass is 35.5. The maximum Gasteiger partial charge on any atom is 0.295 e. The van der Waals surface area contributed by atoms with E-state index in [0.29, 0.717) is 23.6 Å². The minimum absolute atomic E-state index is 0.123. The van der Waals surface area contributed by atoms with Gasteiger partial charge in [0.2, 0.25) is 0 Å². The van der Waals surface area contributed by atoms with Crippen molar-refractivity contribution in [3.05, 3.63) is 105 Å². The van der Waals surface area contributed by atoms with Crippen LogP contribution in [0.25, 0.3) is 5.76 Å². The van der Waals surface area contributed by atoms with Crippen LogP contribution >= 0.6 is 11.6 Å². The second-order valence-corrected chi connectivity index (χ2v) is 9.61. The summed E-state index contributed by atoms with van der Waals surface area (Å²) in [4.78, 5) is 30.1. The summed E-state index contributed by atoms with van der Waals surface area (Å²) in [7, 11) is 3.90. The lowest BCUT2D eigenvalue weighted by Crippen LogP contribution is -2.31. The van der Waals surface area contributed by atoms with Crippen LogP contribution in [0, 0.1) is 13.8 Å². The third kappa shape index (κ3) is 4.96. The molecule has 0 aliphatic carbocycles. The first-order valence-corrected chi connectivity index (χ1v) is 11.9. The number of rotatable bonds is 6. The van der Waals surface area contributed by atoms with Crippen molar-refractivity contribution in [1.29, 1.82) is 0 Å². The summed E-state index contributed by atoms with van der Waals surface area (Å²) in [5, 5.41) is 12.0. The van der Waals surface area contributed by atoms with Gasteiger partial charge >= 0.3 is 0 Å². The predicted octanol–water partition coefficient (Wildman–Crippen LogP) is 5.69. The zero-order chi connectivity index (χ0) is 25.3. The topological polar surface area (TPSA) is 60.9 Å². The summed E-state index contributed by atoms with van der Waals surface area (Å²) < 4.78 is 0. The Morgan fingerprint density at radius 1 is 0.971 bits per heavy atom. The molecular weight excluding hydrogens is 460 g/mol. The standard InChI is InChI=1S/C29H29ClN2O3/c1-18-5-6-19(2)24(17-18)27(33)25-26(21-9-13-23(14-10-21)31(3)4)32(29(35)28(25)34)16-15-20-7-11-22(30)12-8-20/h5-14,17,26,33H,15-16H2,1-4H3/b27-25+. The zero-order valence-corrected chi connectivity index (χ0v) is 21.1. The molecule has 1 heterocycles. The van der Waals surface area contributed by atoms with Gasteiger partial charge in [0.05, 0.1) is 11.6 Å². The number of nitrogens with zero attached hydrogens (tertiary/aromatic N) is 2. The molecule has 1 aliphatic heterocycles. The molecule has 3 aromatic carbocycles. The molecule has 0 bridgehead atoms. The first-order chi connectivity index (χ1) is 16.7. The molecule has 1 fully saturated rings. The number of carbonyl (C=O) groups is 2. The largest absolute Gasteiger partial charge is 0.507 e. The first kappa shape index (κ1) is 24.6. The molecule has 35 heavy (non-hydrogen) atoms. The first-order valence-electron chi connectivity index (χ1n) is 11.5. The van der Waals surface area contributed by atoms with E-state index in [4.69, 9.17) is 11.6 Å². The smallest absolute Gasteiger partial charge is 0.295 e. The maximum absolute atomic E-state index is 13.3. The van der Waals surface area contributed by atoms with Crippen LogP contribution in [-0.4, -0.2) is 42.3 Å². The van der Waals surface area contributed by atoms with E-state index in [1.54, 1.807) is 4.90 Å². The summed E-state index contributed by atoms with van der Waals surface area (Å²) in [6.45, 7) is 4.14. The molecule has 3 aromatic rings. The Labute approximate surface area is 211 Å². The minimum atomic E-state index is -0.682. The molecule has 1 aliphatic rings. The van der Waals surface area contributed by atoms with Crippen LogP contribution in [-0.2, 0) is 16.0 Å². The molecule has 1 N–H and O–H groups in total. The fourth-order valence-electron chi connectivity index (χ4n) is 4.45. The summed E-state index contributed by atoms with van der Waals surface area (Å²) in [6.07, 6.45) is 0.556. The molecule has 1 unspecified atom stereocenters. The van der Waals surface area contributed by atoms with E-state index < -0.39 is 17.7 Å². The molecule has 0 saturated carbocycles. The summed E-state index contributed by atoms with van der Waals surface area (Å²) >= 11 is 6.01. The highest BCUT2D eigenvalue weighted by Crippen LogP contribution is 2.40. The molecule has 1 atom stereocenters. The zero-order valence-electron chi connectivity index (χ0n) is 20.4. The van der Waals surface area contributed by atoms with Crippen LogP contribution in [0.3, 0.4) is 0 Å². The SMILES string of the molecule is Cc1ccc(C)c(/C(O)=C2\C(=O)C(=O)N(CCc3ccc(Cl)cc3)C2c2ccc(N(C)C)cc2)c1. The average molecular weight is 489 g/mol. The highest BCUT2D eigenvalue weighted by Gasteiger charge is 2.46.